The van der Waals surface area contributed by atoms with Crippen LogP contribution in [-0.4, -0.2) is 14.5 Å². The number of pyridine rings is 3. The third-order valence-electron chi connectivity index (χ3n) is 5.51. The maximum absolute atomic E-state index is 13.3. The maximum atomic E-state index is 13.3. The molecule has 4 aromatic rings. The molecule has 5 heteroatoms. The van der Waals surface area contributed by atoms with Gasteiger partial charge in [-0.25, -0.2) is 4.98 Å². The van der Waals surface area contributed by atoms with Gasteiger partial charge in [0, 0.05) is 28.4 Å². The summed E-state index contributed by atoms with van der Waals surface area (Å²) in [5, 5.41) is 0.654. The second-order valence-corrected chi connectivity index (χ2v) is 8.25. The average Bonchev–Trinajstić information content (AvgIpc) is 2.75. The molecule has 4 nitrogen and oxygen atoms in total. The van der Waals surface area contributed by atoms with Gasteiger partial charge in [-0.3, -0.25) is 9.78 Å². The molecule has 0 spiro atoms. The highest BCUT2D eigenvalue weighted by atomic mass is 79.9. The molecule has 3 heterocycles. The van der Waals surface area contributed by atoms with Gasteiger partial charge in [0.1, 0.15) is 4.60 Å². The summed E-state index contributed by atoms with van der Waals surface area (Å²) in [5.41, 5.74) is 5.65. The highest BCUT2D eigenvalue weighted by molar-refractivity contribution is 9.10. The number of rotatable bonds is 4. The number of nitrogens with zero attached hydrogens (tertiary/aromatic N) is 3. The molecule has 1 atom stereocenters. The second kappa shape index (κ2) is 8.00. The number of aromatic nitrogens is 3. The zero-order chi connectivity index (χ0) is 21.4. The Morgan fingerprint density at radius 2 is 1.80 bits per heavy atom. The standard InChI is InChI=1S/C25H22BrN3O/c1-15-12-13-21(27-17(15)3)16(2)20-14-29(18(4)22-9-7-11-24(26)28-22)23-10-6-5-8-19(23)25(20)30/h5-14,18H,2H2,1,3-4H3. The molecule has 30 heavy (non-hydrogen) atoms. The summed E-state index contributed by atoms with van der Waals surface area (Å²) in [6, 6.07) is 17.4. The number of hydrogen-bond donors (Lipinski definition) is 0. The molecule has 0 saturated heterocycles. The van der Waals surface area contributed by atoms with E-state index in [0.29, 0.717) is 22.2 Å². The molecule has 1 aromatic carbocycles. The van der Waals surface area contributed by atoms with E-state index in [0.717, 1.165) is 27.1 Å². The molecule has 0 aliphatic rings. The summed E-state index contributed by atoms with van der Waals surface area (Å²) in [6.07, 6.45) is 1.89. The Morgan fingerprint density at radius 3 is 2.53 bits per heavy atom. The zero-order valence-corrected chi connectivity index (χ0v) is 18.8. The lowest BCUT2D eigenvalue weighted by molar-refractivity contribution is 0.636. The highest BCUT2D eigenvalue weighted by Crippen LogP contribution is 2.26. The molecule has 0 radical (unpaired) electrons. The molecule has 4 rings (SSSR count). The number of halogens is 1. The lowest BCUT2D eigenvalue weighted by Crippen LogP contribution is -2.18. The van der Waals surface area contributed by atoms with Gasteiger partial charge in [-0.1, -0.05) is 30.8 Å². The average molecular weight is 460 g/mol. The fourth-order valence-electron chi connectivity index (χ4n) is 3.57. The van der Waals surface area contributed by atoms with Crippen LogP contribution in [0.2, 0.25) is 0 Å². The van der Waals surface area contributed by atoms with Gasteiger partial charge in [0.25, 0.3) is 0 Å². The SMILES string of the molecule is C=C(c1ccc(C)c(C)n1)c1cn(C(C)c2cccc(Br)n2)c2ccccc2c1=O. The minimum atomic E-state index is -0.0766. The van der Waals surface area contributed by atoms with E-state index in [1.165, 1.54) is 0 Å². The van der Waals surface area contributed by atoms with Crippen LogP contribution in [0.5, 0.6) is 0 Å². The number of benzene rings is 1. The third kappa shape index (κ3) is 3.61. The van der Waals surface area contributed by atoms with E-state index in [4.69, 9.17) is 0 Å². The lowest BCUT2D eigenvalue weighted by Gasteiger charge is -2.20. The van der Waals surface area contributed by atoms with Crippen molar-refractivity contribution in [3.05, 3.63) is 110 Å². The van der Waals surface area contributed by atoms with Gasteiger partial charge in [-0.2, -0.15) is 0 Å². The zero-order valence-electron chi connectivity index (χ0n) is 17.2. The minimum absolute atomic E-state index is 0.0405. The van der Waals surface area contributed by atoms with E-state index >= 15 is 0 Å². The molecule has 150 valence electrons. The van der Waals surface area contributed by atoms with Crippen LogP contribution in [0.25, 0.3) is 16.5 Å². The first-order valence-corrected chi connectivity index (χ1v) is 10.6. The Morgan fingerprint density at radius 1 is 1.03 bits per heavy atom. The molecule has 1 unspecified atom stereocenters. The largest absolute Gasteiger partial charge is 0.338 e. The van der Waals surface area contributed by atoms with E-state index in [2.05, 4.69) is 44.0 Å². The van der Waals surface area contributed by atoms with Gasteiger partial charge < -0.3 is 4.57 Å². The molecule has 0 aliphatic carbocycles. The number of aryl methyl sites for hydroxylation is 2. The Kier molecular flexibility index (Phi) is 5.39. The van der Waals surface area contributed by atoms with E-state index in [9.17, 15) is 4.79 Å². The Bertz CT molecular complexity index is 1340. The van der Waals surface area contributed by atoms with E-state index in [1.807, 2.05) is 74.6 Å². The summed E-state index contributed by atoms with van der Waals surface area (Å²) in [6.45, 7) is 10.3. The van der Waals surface area contributed by atoms with Gasteiger partial charge >= 0.3 is 0 Å². The van der Waals surface area contributed by atoms with Crippen molar-refractivity contribution < 1.29 is 0 Å². The Hall–Kier alpha value is -3.05. The normalized spacial score (nSPS) is 12.1. The van der Waals surface area contributed by atoms with Crippen molar-refractivity contribution in [3.8, 4) is 0 Å². The van der Waals surface area contributed by atoms with Gasteiger partial charge in [0.15, 0.2) is 5.43 Å². The van der Waals surface area contributed by atoms with Gasteiger partial charge in [0.05, 0.1) is 22.9 Å². The van der Waals surface area contributed by atoms with Crippen LogP contribution in [0, 0.1) is 13.8 Å². The van der Waals surface area contributed by atoms with Crippen LogP contribution in [0.15, 0.2) is 76.8 Å². The van der Waals surface area contributed by atoms with Gasteiger partial charge in [-0.15, -0.1) is 0 Å². The molecule has 3 aromatic heterocycles. The highest BCUT2D eigenvalue weighted by Gasteiger charge is 2.18. The number of hydrogen-bond acceptors (Lipinski definition) is 3. The van der Waals surface area contributed by atoms with Crippen molar-refractivity contribution in [1.29, 1.82) is 0 Å². The van der Waals surface area contributed by atoms with Crippen LogP contribution in [0.1, 0.15) is 41.2 Å². The molecule has 0 amide bonds. The van der Waals surface area contributed by atoms with Crippen molar-refractivity contribution in [2.75, 3.05) is 0 Å². The van der Waals surface area contributed by atoms with Gasteiger partial charge in [0.2, 0.25) is 0 Å². The smallest absolute Gasteiger partial charge is 0.197 e. The summed E-state index contributed by atoms with van der Waals surface area (Å²) in [4.78, 5) is 22.6. The summed E-state index contributed by atoms with van der Waals surface area (Å²) >= 11 is 3.45. The van der Waals surface area contributed by atoms with Crippen molar-refractivity contribution >= 4 is 32.4 Å². The first-order chi connectivity index (χ1) is 14.4. The molecular weight excluding hydrogens is 438 g/mol. The lowest BCUT2D eigenvalue weighted by atomic mass is 10.0. The second-order valence-electron chi connectivity index (χ2n) is 7.43. The summed E-state index contributed by atoms with van der Waals surface area (Å²) in [5.74, 6) is 0. The van der Waals surface area contributed by atoms with Crippen molar-refractivity contribution in [1.82, 2.24) is 14.5 Å². The number of fused-ring (bicyclic) bond motifs is 1. The Labute approximate surface area is 184 Å². The van der Waals surface area contributed by atoms with Crippen molar-refractivity contribution in [3.63, 3.8) is 0 Å². The minimum Gasteiger partial charge on any atom is -0.338 e. The maximum Gasteiger partial charge on any atom is 0.197 e. The monoisotopic (exact) mass is 459 g/mol. The fourth-order valence-corrected chi connectivity index (χ4v) is 3.93. The van der Waals surface area contributed by atoms with Crippen molar-refractivity contribution in [2.45, 2.75) is 26.8 Å². The molecule has 0 bridgehead atoms. The first-order valence-electron chi connectivity index (χ1n) is 9.77. The molecule has 0 aliphatic heterocycles. The van der Waals surface area contributed by atoms with Gasteiger partial charge in [-0.05, 0) is 72.6 Å². The topological polar surface area (TPSA) is 47.8 Å². The number of para-hydroxylation sites is 1. The molecule has 0 saturated carbocycles. The Balaban J connectivity index is 1.93. The quantitative estimate of drug-likeness (QED) is 0.360. The van der Waals surface area contributed by atoms with E-state index in [1.54, 1.807) is 0 Å². The van der Waals surface area contributed by atoms with E-state index in [-0.39, 0.29) is 11.5 Å². The van der Waals surface area contributed by atoms with Crippen molar-refractivity contribution in [2.24, 2.45) is 0 Å². The molecular formula is C25H22BrN3O. The predicted octanol–water partition coefficient (Wildman–Crippen LogP) is 5.84. The van der Waals surface area contributed by atoms with Crippen LogP contribution in [-0.2, 0) is 0 Å². The van der Waals surface area contributed by atoms with Crippen LogP contribution in [0.4, 0.5) is 0 Å². The van der Waals surface area contributed by atoms with E-state index < -0.39 is 0 Å². The fraction of sp³-hybridized carbons (Fsp3) is 0.160. The summed E-state index contributed by atoms with van der Waals surface area (Å²) < 4.78 is 2.87. The van der Waals surface area contributed by atoms with Crippen LogP contribution >= 0.6 is 15.9 Å². The third-order valence-corrected chi connectivity index (χ3v) is 5.95. The summed E-state index contributed by atoms with van der Waals surface area (Å²) in [7, 11) is 0. The molecule has 0 fully saturated rings. The molecule has 0 N–H and O–H groups in total. The van der Waals surface area contributed by atoms with Crippen LogP contribution in [0.3, 0.4) is 0 Å². The first kappa shape index (κ1) is 20.2. The predicted molar refractivity (Wildman–Crippen MR) is 126 cm³/mol. The van der Waals surface area contributed by atoms with Crippen LogP contribution < -0.4 is 5.43 Å².